The Balaban J connectivity index is 1.94. The number of aliphatic imine (C=N–C) groups is 1. The van der Waals surface area contributed by atoms with E-state index in [0.29, 0.717) is 18.9 Å². The maximum absolute atomic E-state index is 8.35. The summed E-state index contributed by atoms with van der Waals surface area (Å²) < 4.78 is 5.71. The SMILES string of the molecule is CCN(C)C=Nc1cc(C)c(C(=N)COCCc2ccccc2)cc1C. The van der Waals surface area contributed by atoms with Crippen LogP contribution in [0.4, 0.5) is 5.69 Å². The van der Waals surface area contributed by atoms with Gasteiger partial charge in [0.1, 0.15) is 0 Å². The second-order valence-electron chi connectivity index (χ2n) is 6.54. The third-order valence-corrected chi connectivity index (χ3v) is 4.39. The predicted molar refractivity (Wildman–Crippen MR) is 110 cm³/mol. The van der Waals surface area contributed by atoms with Crippen LogP contribution in [0, 0.1) is 19.3 Å². The highest BCUT2D eigenvalue weighted by Crippen LogP contribution is 2.23. The fourth-order valence-corrected chi connectivity index (χ4v) is 2.59. The molecule has 0 atom stereocenters. The van der Waals surface area contributed by atoms with Crippen LogP contribution in [0.5, 0.6) is 0 Å². The average molecular weight is 351 g/mol. The summed E-state index contributed by atoms with van der Waals surface area (Å²) in [4.78, 5) is 6.58. The Kier molecular flexibility index (Phi) is 7.54. The standard InChI is InChI=1S/C22H29N3O/c1-5-25(4)16-24-22-14-17(2)20(13-18(22)3)21(23)15-26-12-11-19-9-7-6-8-10-19/h6-10,13-14,16,23H,5,11-12,15H2,1-4H3. The fourth-order valence-electron chi connectivity index (χ4n) is 2.59. The van der Waals surface area contributed by atoms with Gasteiger partial charge in [0, 0.05) is 19.2 Å². The fraction of sp³-hybridized carbons (Fsp3) is 0.364. The molecule has 0 bridgehead atoms. The van der Waals surface area contributed by atoms with Gasteiger partial charge >= 0.3 is 0 Å². The van der Waals surface area contributed by atoms with Gasteiger partial charge in [-0.2, -0.15) is 0 Å². The van der Waals surface area contributed by atoms with Gasteiger partial charge in [-0.15, -0.1) is 0 Å². The molecule has 0 aliphatic carbocycles. The molecule has 0 saturated carbocycles. The third-order valence-electron chi connectivity index (χ3n) is 4.39. The van der Waals surface area contributed by atoms with E-state index in [0.717, 1.165) is 35.3 Å². The number of nitrogens with zero attached hydrogens (tertiary/aromatic N) is 2. The first-order chi connectivity index (χ1) is 12.5. The van der Waals surface area contributed by atoms with Crippen molar-refractivity contribution >= 4 is 17.7 Å². The number of benzene rings is 2. The van der Waals surface area contributed by atoms with Crippen molar-refractivity contribution in [3.05, 3.63) is 64.7 Å². The van der Waals surface area contributed by atoms with E-state index in [1.54, 1.807) is 0 Å². The minimum Gasteiger partial charge on any atom is -0.375 e. The summed E-state index contributed by atoms with van der Waals surface area (Å²) in [6.45, 7) is 8.02. The van der Waals surface area contributed by atoms with E-state index in [-0.39, 0.29) is 0 Å². The van der Waals surface area contributed by atoms with Gasteiger partial charge in [-0.05, 0) is 56.0 Å². The number of hydrogen-bond acceptors (Lipinski definition) is 3. The topological polar surface area (TPSA) is 48.7 Å². The molecular formula is C22H29N3O. The monoisotopic (exact) mass is 351 g/mol. The smallest absolute Gasteiger partial charge is 0.0909 e. The van der Waals surface area contributed by atoms with E-state index >= 15 is 0 Å². The Morgan fingerprint density at radius 3 is 2.58 bits per heavy atom. The molecule has 0 radical (unpaired) electrons. The van der Waals surface area contributed by atoms with Crippen molar-refractivity contribution in [3.8, 4) is 0 Å². The molecule has 1 N–H and O–H groups in total. The van der Waals surface area contributed by atoms with Crippen molar-refractivity contribution in [2.24, 2.45) is 4.99 Å². The van der Waals surface area contributed by atoms with Crippen LogP contribution in [0.25, 0.3) is 0 Å². The summed E-state index contributed by atoms with van der Waals surface area (Å²) in [6.07, 6.45) is 2.71. The highest BCUT2D eigenvalue weighted by Gasteiger charge is 2.09. The molecule has 4 nitrogen and oxygen atoms in total. The summed E-state index contributed by atoms with van der Waals surface area (Å²) in [5, 5.41) is 8.35. The van der Waals surface area contributed by atoms with E-state index in [1.807, 2.05) is 62.5 Å². The second-order valence-corrected chi connectivity index (χ2v) is 6.54. The number of nitrogens with one attached hydrogen (secondary N) is 1. The predicted octanol–water partition coefficient (Wildman–Crippen LogP) is 4.54. The number of aryl methyl sites for hydroxylation is 2. The van der Waals surface area contributed by atoms with Gasteiger partial charge in [0.15, 0.2) is 0 Å². The minimum absolute atomic E-state index is 0.328. The van der Waals surface area contributed by atoms with Crippen molar-refractivity contribution in [3.63, 3.8) is 0 Å². The van der Waals surface area contributed by atoms with Crippen LogP contribution >= 0.6 is 0 Å². The molecule has 0 fully saturated rings. The first kappa shape index (κ1) is 19.9. The third kappa shape index (κ3) is 5.81. The number of rotatable bonds is 9. The van der Waals surface area contributed by atoms with Gasteiger partial charge in [-0.1, -0.05) is 30.3 Å². The van der Waals surface area contributed by atoms with Gasteiger partial charge in [0.2, 0.25) is 0 Å². The summed E-state index contributed by atoms with van der Waals surface area (Å²) in [7, 11) is 2.00. The van der Waals surface area contributed by atoms with Crippen LogP contribution in [0.3, 0.4) is 0 Å². The number of ether oxygens (including phenoxy) is 1. The van der Waals surface area contributed by atoms with Crippen molar-refractivity contribution < 1.29 is 4.74 Å². The quantitative estimate of drug-likeness (QED) is 0.409. The lowest BCUT2D eigenvalue weighted by Crippen LogP contribution is -2.14. The van der Waals surface area contributed by atoms with Crippen LogP contribution < -0.4 is 0 Å². The lowest BCUT2D eigenvalue weighted by atomic mass is 10.0. The zero-order valence-electron chi connectivity index (χ0n) is 16.2. The van der Waals surface area contributed by atoms with Gasteiger partial charge in [0.25, 0.3) is 0 Å². The molecule has 2 aromatic rings. The summed E-state index contributed by atoms with van der Waals surface area (Å²) >= 11 is 0. The Bertz CT molecular complexity index is 753. The van der Waals surface area contributed by atoms with Crippen molar-refractivity contribution in [1.29, 1.82) is 5.41 Å². The van der Waals surface area contributed by atoms with Crippen LogP contribution in [-0.4, -0.2) is 43.8 Å². The Morgan fingerprint density at radius 1 is 1.15 bits per heavy atom. The zero-order chi connectivity index (χ0) is 18.9. The van der Waals surface area contributed by atoms with Gasteiger partial charge in [-0.25, -0.2) is 4.99 Å². The average Bonchev–Trinajstić information content (AvgIpc) is 2.65. The number of hydrogen-bond donors (Lipinski definition) is 1. The summed E-state index contributed by atoms with van der Waals surface area (Å²) in [5.74, 6) is 0. The second kappa shape index (κ2) is 9.88. The summed E-state index contributed by atoms with van der Waals surface area (Å²) in [5.41, 5.74) is 5.78. The van der Waals surface area contributed by atoms with E-state index in [4.69, 9.17) is 10.1 Å². The summed E-state index contributed by atoms with van der Waals surface area (Å²) in [6, 6.07) is 14.4. The molecule has 0 aliphatic rings. The molecule has 0 heterocycles. The van der Waals surface area contributed by atoms with E-state index in [2.05, 4.69) is 24.0 Å². The van der Waals surface area contributed by atoms with Crippen LogP contribution in [0.15, 0.2) is 47.5 Å². The van der Waals surface area contributed by atoms with E-state index in [1.165, 1.54) is 5.56 Å². The van der Waals surface area contributed by atoms with Gasteiger partial charge in [-0.3, -0.25) is 0 Å². The molecular weight excluding hydrogens is 322 g/mol. The molecule has 4 heteroatoms. The molecule has 0 aliphatic heterocycles. The molecule has 0 saturated heterocycles. The first-order valence-corrected chi connectivity index (χ1v) is 9.06. The van der Waals surface area contributed by atoms with E-state index < -0.39 is 0 Å². The Morgan fingerprint density at radius 2 is 1.88 bits per heavy atom. The van der Waals surface area contributed by atoms with Crippen molar-refractivity contribution in [2.45, 2.75) is 27.2 Å². The Labute approximate surface area is 157 Å². The van der Waals surface area contributed by atoms with Gasteiger partial charge < -0.3 is 15.0 Å². The molecule has 26 heavy (non-hydrogen) atoms. The lowest BCUT2D eigenvalue weighted by Gasteiger charge is -2.13. The zero-order valence-corrected chi connectivity index (χ0v) is 16.2. The van der Waals surface area contributed by atoms with E-state index in [9.17, 15) is 0 Å². The molecule has 2 rings (SSSR count). The van der Waals surface area contributed by atoms with Crippen LogP contribution in [0.1, 0.15) is 29.2 Å². The highest BCUT2D eigenvalue weighted by atomic mass is 16.5. The molecule has 2 aromatic carbocycles. The highest BCUT2D eigenvalue weighted by molar-refractivity contribution is 6.01. The normalized spacial score (nSPS) is 11.1. The van der Waals surface area contributed by atoms with Crippen LogP contribution in [0.2, 0.25) is 0 Å². The molecule has 0 spiro atoms. The van der Waals surface area contributed by atoms with Gasteiger partial charge in [0.05, 0.1) is 31.0 Å². The lowest BCUT2D eigenvalue weighted by molar-refractivity contribution is 0.175. The molecule has 138 valence electrons. The van der Waals surface area contributed by atoms with Crippen molar-refractivity contribution in [1.82, 2.24) is 4.90 Å². The van der Waals surface area contributed by atoms with Crippen molar-refractivity contribution in [2.75, 3.05) is 26.8 Å². The largest absolute Gasteiger partial charge is 0.375 e. The van der Waals surface area contributed by atoms with Crippen LogP contribution in [-0.2, 0) is 11.2 Å². The minimum atomic E-state index is 0.328. The molecule has 0 unspecified atom stereocenters. The first-order valence-electron chi connectivity index (χ1n) is 9.06. The molecule has 0 amide bonds. The Hall–Kier alpha value is -2.46. The molecule has 0 aromatic heterocycles. The maximum Gasteiger partial charge on any atom is 0.0909 e. The maximum atomic E-state index is 8.35.